The Bertz CT molecular complexity index is 733. The quantitative estimate of drug-likeness (QED) is 0.255. The molecule has 1 saturated carbocycles. The molecule has 1 aliphatic carbocycles. The third kappa shape index (κ3) is 9.94. The maximum atomic E-state index is 5.82. The SMILES string of the molecule is CCCCOCCCCOc1cnc(-c2ccc(OCCCCCCC3CC3)cn2)cn1. The lowest BCUT2D eigenvalue weighted by Crippen LogP contribution is -2.03. The van der Waals surface area contributed by atoms with Gasteiger partial charge in [0.25, 0.3) is 0 Å². The van der Waals surface area contributed by atoms with E-state index in [2.05, 4.69) is 21.9 Å². The molecule has 0 N–H and O–H groups in total. The van der Waals surface area contributed by atoms with Crippen LogP contribution in [-0.4, -0.2) is 41.4 Å². The van der Waals surface area contributed by atoms with Crippen LogP contribution in [0.1, 0.15) is 77.6 Å². The van der Waals surface area contributed by atoms with Crippen molar-refractivity contribution in [1.82, 2.24) is 15.0 Å². The molecule has 0 aliphatic heterocycles. The van der Waals surface area contributed by atoms with E-state index in [1.165, 1.54) is 44.9 Å². The Morgan fingerprint density at radius 2 is 1.47 bits per heavy atom. The molecule has 2 aromatic heterocycles. The van der Waals surface area contributed by atoms with Crippen LogP contribution >= 0.6 is 0 Å². The number of ether oxygens (including phenoxy) is 3. The van der Waals surface area contributed by atoms with Crippen LogP contribution in [0.4, 0.5) is 0 Å². The molecular formula is C26H39N3O3. The molecule has 1 fully saturated rings. The monoisotopic (exact) mass is 441 g/mol. The summed E-state index contributed by atoms with van der Waals surface area (Å²) in [5.41, 5.74) is 1.50. The van der Waals surface area contributed by atoms with Gasteiger partial charge in [-0.15, -0.1) is 0 Å². The molecule has 0 radical (unpaired) electrons. The van der Waals surface area contributed by atoms with Gasteiger partial charge in [-0.3, -0.25) is 4.98 Å². The number of aromatic nitrogens is 3. The predicted octanol–water partition coefficient (Wildman–Crippen LogP) is 6.25. The topological polar surface area (TPSA) is 66.4 Å². The standard InChI is InChI=1S/C26H39N3O3/c1-2-3-15-30-16-8-9-18-32-26-21-28-25(20-29-26)24-14-13-23(19-27-24)31-17-7-5-4-6-10-22-11-12-22/h13-14,19-22H,2-12,15-18H2,1H3. The Morgan fingerprint density at radius 3 is 2.22 bits per heavy atom. The number of rotatable bonds is 18. The van der Waals surface area contributed by atoms with Crippen LogP contribution in [0.5, 0.6) is 11.6 Å². The minimum absolute atomic E-state index is 0.540. The first-order valence-corrected chi connectivity index (χ1v) is 12.5. The van der Waals surface area contributed by atoms with E-state index < -0.39 is 0 Å². The fourth-order valence-corrected chi connectivity index (χ4v) is 3.46. The van der Waals surface area contributed by atoms with Crippen molar-refractivity contribution >= 4 is 0 Å². The normalized spacial score (nSPS) is 13.3. The molecule has 6 heteroatoms. The van der Waals surface area contributed by atoms with Crippen LogP contribution in [0, 0.1) is 5.92 Å². The molecule has 32 heavy (non-hydrogen) atoms. The van der Waals surface area contributed by atoms with Gasteiger partial charge in [0.05, 0.1) is 37.5 Å². The highest BCUT2D eigenvalue weighted by Gasteiger charge is 2.19. The zero-order chi connectivity index (χ0) is 22.3. The lowest BCUT2D eigenvalue weighted by atomic mass is 10.1. The molecular weight excluding hydrogens is 402 g/mol. The summed E-state index contributed by atoms with van der Waals surface area (Å²) in [4.78, 5) is 13.2. The maximum Gasteiger partial charge on any atom is 0.232 e. The van der Waals surface area contributed by atoms with Crippen molar-refractivity contribution in [2.75, 3.05) is 26.4 Å². The third-order valence-electron chi connectivity index (χ3n) is 5.67. The smallest absolute Gasteiger partial charge is 0.232 e. The van der Waals surface area contributed by atoms with Gasteiger partial charge in [-0.25, -0.2) is 9.97 Å². The van der Waals surface area contributed by atoms with E-state index in [1.807, 2.05) is 12.1 Å². The molecule has 0 saturated heterocycles. The van der Waals surface area contributed by atoms with Gasteiger partial charge in [-0.05, 0) is 43.7 Å². The maximum absolute atomic E-state index is 5.82. The van der Waals surface area contributed by atoms with Crippen molar-refractivity contribution in [3.8, 4) is 23.0 Å². The largest absolute Gasteiger partial charge is 0.492 e. The van der Waals surface area contributed by atoms with Crippen LogP contribution < -0.4 is 9.47 Å². The van der Waals surface area contributed by atoms with Crippen LogP contribution in [0.3, 0.4) is 0 Å². The second kappa shape index (κ2) is 14.8. The van der Waals surface area contributed by atoms with Crippen LogP contribution in [-0.2, 0) is 4.74 Å². The number of pyridine rings is 1. The molecule has 2 aromatic rings. The molecule has 176 valence electrons. The van der Waals surface area contributed by atoms with E-state index in [0.29, 0.717) is 12.5 Å². The van der Waals surface area contributed by atoms with Crippen molar-refractivity contribution in [1.29, 1.82) is 0 Å². The average Bonchev–Trinajstić information content (AvgIpc) is 3.65. The highest BCUT2D eigenvalue weighted by Crippen LogP contribution is 2.34. The Morgan fingerprint density at radius 1 is 0.719 bits per heavy atom. The predicted molar refractivity (Wildman–Crippen MR) is 127 cm³/mol. The van der Waals surface area contributed by atoms with Crippen molar-refractivity contribution in [2.45, 2.75) is 77.6 Å². The molecule has 0 bridgehead atoms. The fraction of sp³-hybridized carbons (Fsp3) is 0.654. The first-order chi connectivity index (χ1) is 15.8. The second-order valence-electron chi connectivity index (χ2n) is 8.64. The summed E-state index contributed by atoms with van der Waals surface area (Å²) in [6.45, 7) is 5.19. The number of hydrogen-bond donors (Lipinski definition) is 0. The average molecular weight is 442 g/mol. The molecule has 6 nitrogen and oxygen atoms in total. The molecule has 0 spiro atoms. The fourth-order valence-electron chi connectivity index (χ4n) is 3.46. The summed E-state index contributed by atoms with van der Waals surface area (Å²) < 4.78 is 17.0. The van der Waals surface area contributed by atoms with Gasteiger partial charge < -0.3 is 14.2 Å². The lowest BCUT2D eigenvalue weighted by Gasteiger charge is -2.08. The number of hydrogen-bond acceptors (Lipinski definition) is 6. The lowest BCUT2D eigenvalue weighted by molar-refractivity contribution is 0.123. The summed E-state index contributed by atoms with van der Waals surface area (Å²) in [6.07, 6.45) is 18.8. The molecule has 2 heterocycles. The van der Waals surface area contributed by atoms with Gasteiger partial charge in [0.1, 0.15) is 11.4 Å². The van der Waals surface area contributed by atoms with Crippen LogP contribution in [0.15, 0.2) is 30.7 Å². The first kappa shape index (κ1) is 24.4. The molecule has 0 unspecified atom stereocenters. The zero-order valence-electron chi connectivity index (χ0n) is 19.6. The Hall–Kier alpha value is -2.21. The van der Waals surface area contributed by atoms with Gasteiger partial charge in [0.2, 0.25) is 5.88 Å². The van der Waals surface area contributed by atoms with Crippen molar-refractivity contribution < 1.29 is 14.2 Å². The van der Waals surface area contributed by atoms with E-state index in [-0.39, 0.29) is 0 Å². The Labute approximate surface area is 193 Å². The van der Waals surface area contributed by atoms with Crippen molar-refractivity contribution in [3.63, 3.8) is 0 Å². The number of nitrogens with zero attached hydrogens (tertiary/aromatic N) is 3. The highest BCUT2D eigenvalue weighted by molar-refractivity contribution is 5.53. The Balaban J connectivity index is 1.27. The second-order valence-corrected chi connectivity index (χ2v) is 8.64. The van der Waals surface area contributed by atoms with E-state index in [1.54, 1.807) is 18.6 Å². The molecule has 3 rings (SSSR count). The van der Waals surface area contributed by atoms with Gasteiger partial charge in [-0.2, -0.15) is 0 Å². The minimum Gasteiger partial charge on any atom is -0.492 e. The molecule has 0 amide bonds. The molecule has 0 atom stereocenters. The molecule has 1 aliphatic rings. The third-order valence-corrected chi connectivity index (χ3v) is 5.67. The van der Waals surface area contributed by atoms with Crippen LogP contribution in [0.25, 0.3) is 11.4 Å². The zero-order valence-corrected chi connectivity index (χ0v) is 19.6. The van der Waals surface area contributed by atoms with Gasteiger partial charge in [0.15, 0.2) is 0 Å². The summed E-state index contributed by atoms with van der Waals surface area (Å²) >= 11 is 0. The van der Waals surface area contributed by atoms with Gasteiger partial charge >= 0.3 is 0 Å². The van der Waals surface area contributed by atoms with Gasteiger partial charge in [-0.1, -0.05) is 51.9 Å². The summed E-state index contributed by atoms with van der Waals surface area (Å²) in [7, 11) is 0. The summed E-state index contributed by atoms with van der Waals surface area (Å²) in [6, 6.07) is 3.87. The highest BCUT2D eigenvalue weighted by atomic mass is 16.5. The van der Waals surface area contributed by atoms with Gasteiger partial charge in [0, 0.05) is 13.2 Å². The van der Waals surface area contributed by atoms with E-state index in [9.17, 15) is 0 Å². The van der Waals surface area contributed by atoms with E-state index >= 15 is 0 Å². The van der Waals surface area contributed by atoms with Crippen LogP contribution in [0.2, 0.25) is 0 Å². The van der Waals surface area contributed by atoms with Crippen molar-refractivity contribution in [3.05, 3.63) is 30.7 Å². The number of unbranched alkanes of at least 4 members (excludes halogenated alkanes) is 5. The van der Waals surface area contributed by atoms with E-state index in [0.717, 1.165) is 68.6 Å². The first-order valence-electron chi connectivity index (χ1n) is 12.5. The summed E-state index contributed by atoms with van der Waals surface area (Å²) in [5.74, 6) is 2.39. The van der Waals surface area contributed by atoms with Crippen molar-refractivity contribution in [2.24, 2.45) is 5.92 Å². The summed E-state index contributed by atoms with van der Waals surface area (Å²) in [5, 5.41) is 0. The minimum atomic E-state index is 0.540. The molecule has 0 aromatic carbocycles. The van der Waals surface area contributed by atoms with E-state index in [4.69, 9.17) is 14.2 Å². The Kier molecular flexibility index (Phi) is 11.3.